The quantitative estimate of drug-likeness (QED) is 0.811. The van der Waals surface area contributed by atoms with Gasteiger partial charge in [0.2, 0.25) is 5.78 Å². The summed E-state index contributed by atoms with van der Waals surface area (Å²) in [4.78, 5) is 12.2. The van der Waals surface area contributed by atoms with Crippen molar-refractivity contribution in [2.45, 2.75) is 19.9 Å². The van der Waals surface area contributed by atoms with E-state index in [0.717, 1.165) is 0 Å². The predicted molar refractivity (Wildman–Crippen MR) is 67.5 cm³/mol. The van der Waals surface area contributed by atoms with Crippen LogP contribution in [0.2, 0.25) is 5.02 Å². The zero-order chi connectivity index (χ0) is 12.6. The van der Waals surface area contributed by atoms with E-state index >= 15 is 0 Å². The van der Waals surface area contributed by atoms with E-state index in [2.05, 4.69) is 21.0 Å². The highest BCUT2D eigenvalue weighted by atomic mass is 79.9. The summed E-state index contributed by atoms with van der Waals surface area (Å²) in [5.41, 5.74) is 0.350. The molecular formula is C11H10BrClN2O2. The Labute approximate surface area is 112 Å². The van der Waals surface area contributed by atoms with Gasteiger partial charge in [0, 0.05) is 6.04 Å². The number of halogens is 2. The number of aromatic nitrogens is 2. The first-order valence-corrected chi connectivity index (χ1v) is 6.21. The molecule has 0 aliphatic heterocycles. The number of hydrogen-bond acceptors (Lipinski definition) is 3. The van der Waals surface area contributed by atoms with Gasteiger partial charge in [0.1, 0.15) is 5.69 Å². The summed E-state index contributed by atoms with van der Waals surface area (Å²) < 4.78 is 7.32. The van der Waals surface area contributed by atoms with Crippen LogP contribution < -0.4 is 0 Å². The normalized spacial score (nSPS) is 11.1. The Morgan fingerprint density at radius 3 is 2.76 bits per heavy atom. The van der Waals surface area contributed by atoms with Gasteiger partial charge in [0.15, 0.2) is 10.4 Å². The molecule has 0 saturated carbocycles. The highest BCUT2D eigenvalue weighted by Gasteiger charge is 2.23. The van der Waals surface area contributed by atoms with Gasteiger partial charge in [-0.15, -0.1) is 0 Å². The van der Waals surface area contributed by atoms with Crippen LogP contribution >= 0.6 is 27.5 Å². The van der Waals surface area contributed by atoms with Crippen molar-refractivity contribution in [3.63, 3.8) is 0 Å². The molecule has 0 aliphatic rings. The molecule has 2 aromatic heterocycles. The fourth-order valence-corrected chi connectivity index (χ4v) is 2.02. The number of carbonyl (C=O) groups excluding carboxylic acids is 1. The lowest BCUT2D eigenvalue weighted by Crippen LogP contribution is -2.13. The summed E-state index contributed by atoms with van der Waals surface area (Å²) >= 11 is 9.14. The number of ketones is 1. The molecule has 0 spiro atoms. The number of nitrogens with zero attached hydrogens (tertiary/aromatic N) is 2. The molecule has 2 rings (SSSR count). The molecule has 6 heteroatoms. The van der Waals surface area contributed by atoms with Crippen LogP contribution in [-0.4, -0.2) is 15.6 Å². The molecule has 0 fully saturated rings. The molecule has 0 bridgehead atoms. The van der Waals surface area contributed by atoms with Gasteiger partial charge in [0.05, 0.1) is 11.2 Å². The lowest BCUT2D eigenvalue weighted by atomic mass is 10.2. The van der Waals surface area contributed by atoms with Crippen molar-refractivity contribution in [1.29, 1.82) is 0 Å². The minimum Gasteiger partial charge on any atom is -0.446 e. The van der Waals surface area contributed by atoms with Crippen LogP contribution in [0, 0.1) is 0 Å². The number of furan rings is 1. The summed E-state index contributed by atoms with van der Waals surface area (Å²) in [6, 6.07) is 3.32. The van der Waals surface area contributed by atoms with Crippen LogP contribution in [0.5, 0.6) is 0 Å². The highest BCUT2D eigenvalue weighted by molar-refractivity contribution is 9.10. The minimum absolute atomic E-state index is 0.0554. The first-order chi connectivity index (χ1) is 8.00. The second-order valence-corrected chi connectivity index (χ2v) is 5.00. The van der Waals surface area contributed by atoms with Crippen molar-refractivity contribution in [2.75, 3.05) is 0 Å². The fourth-order valence-electron chi connectivity index (χ4n) is 1.50. The van der Waals surface area contributed by atoms with E-state index in [4.69, 9.17) is 16.0 Å². The molecule has 0 aliphatic carbocycles. The average molecular weight is 318 g/mol. The van der Waals surface area contributed by atoms with E-state index in [1.165, 1.54) is 6.20 Å². The number of rotatable bonds is 3. The molecule has 4 nitrogen and oxygen atoms in total. The Hall–Kier alpha value is -1.07. The van der Waals surface area contributed by atoms with Crippen LogP contribution in [0.15, 0.2) is 27.4 Å². The number of carbonyl (C=O) groups is 1. The third kappa shape index (κ3) is 2.30. The lowest BCUT2D eigenvalue weighted by molar-refractivity contribution is 0.0996. The molecule has 17 heavy (non-hydrogen) atoms. The SMILES string of the molecule is CC(C)n1ncc(Cl)c1C(=O)c1ccc(Br)o1. The highest BCUT2D eigenvalue weighted by Crippen LogP contribution is 2.24. The Morgan fingerprint density at radius 2 is 2.24 bits per heavy atom. The van der Waals surface area contributed by atoms with Crippen molar-refractivity contribution in [3.8, 4) is 0 Å². The van der Waals surface area contributed by atoms with Gasteiger partial charge < -0.3 is 4.42 Å². The molecule has 90 valence electrons. The van der Waals surface area contributed by atoms with Crippen molar-refractivity contribution in [2.24, 2.45) is 0 Å². The molecule has 2 heterocycles. The van der Waals surface area contributed by atoms with Gasteiger partial charge in [-0.2, -0.15) is 5.10 Å². The van der Waals surface area contributed by atoms with Crippen LogP contribution in [-0.2, 0) is 0 Å². The fraction of sp³-hybridized carbons (Fsp3) is 0.273. The van der Waals surface area contributed by atoms with E-state index < -0.39 is 0 Å². The van der Waals surface area contributed by atoms with E-state index in [0.29, 0.717) is 15.4 Å². The Morgan fingerprint density at radius 1 is 1.53 bits per heavy atom. The minimum atomic E-state index is -0.271. The summed E-state index contributed by atoms with van der Waals surface area (Å²) in [5, 5.41) is 4.41. The summed E-state index contributed by atoms with van der Waals surface area (Å²) in [5.74, 6) is -0.0342. The Kier molecular flexibility index (Phi) is 3.40. The van der Waals surface area contributed by atoms with Gasteiger partial charge >= 0.3 is 0 Å². The van der Waals surface area contributed by atoms with Crippen molar-refractivity contribution in [1.82, 2.24) is 9.78 Å². The van der Waals surface area contributed by atoms with Gasteiger partial charge in [-0.1, -0.05) is 11.6 Å². The Bertz CT molecular complexity index is 560. The second kappa shape index (κ2) is 4.66. The first kappa shape index (κ1) is 12.4. The molecule has 0 atom stereocenters. The lowest BCUT2D eigenvalue weighted by Gasteiger charge is -2.09. The maximum atomic E-state index is 12.2. The van der Waals surface area contributed by atoms with E-state index in [1.807, 2.05) is 13.8 Å². The summed E-state index contributed by atoms with van der Waals surface area (Å²) in [6.45, 7) is 3.86. The molecule has 0 N–H and O–H groups in total. The molecule has 0 amide bonds. The van der Waals surface area contributed by atoms with Crippen LogP contribution in [0.3, 0.4) is 0 Å². The van der Waals surface area contributed by atoms with Gasteiger partial charge in [-0.25, -0.2) is 0 Å². The third-order valence-corrected chi connectivity index (χ3v) is 2.95. The molecule has 0 aromatic carbocycles. The summed E-state index contributed by atoms with van der Waals surface area (Å²) in [7, 11) is 0. The zero-order valence-corrected chi connectivity index (χ0v) is 11.6. The smallest absolute Gasteiger partial charge is 0.247 e. The number of hydrogen-bond donors (Lipinski definition) is 0. The maximum absolute atomic E-state index is 12.2. The molecule has 0 radical (unpaired) electrons. The first-order valence-electron chi connectivity index (χ1n) is 5.03. The van der Waals surface area contributed by atoms with Crippen molar-refractivity contribution < 1.29 is 9.21 Å². The molecule has 0 unspecified atom stereocenters. The van der Waals surface area contributed by atoms with Crippen LogP contribution in [0.4, 0.5) is 0 Å². The van der Waals surface area contributed by atoms with Gasteiger partial charge in [-0.05, 0) is 41.9 Å². The summed E-state index contributed by atoms with van der Waals surface area (Å²) in [6.07, 6.45) is 1.47. The molecule has 2 aromatic rings. The van der Waals surface area contributed by atoms with Gasteiger partial charge in [0.25, 0.3) is 0 Å². The second-order valence-electron chi connectivity index (χ2n) is 3.81. The zero-order valence-electron chi connectivity index (χ0n) is 9.28. The third-order valence-electron chi connectivity index (χ3n) is 2.25. The standard InChI is InChI=1S/C11H10BrClN2O2/c1-6(2)15-10(7(13)5-14-15)11(16)8-3-4-9(12)17-8/h3-6H,1-2H3. The topological polar surface area (TPSA) is 48.0 Å². The largest absolute Gasteiger partial charge is 0.446 e. The van der Waals surface area contributed by atoms with Crippen LogP contribution in [0.1, 0.15) is 36.1 Å². The van der Waals surface area contributed by atoms with E-state index in [9.17, 15) is 4.79 Å². The molecular weight excluding hydrogens is 307 g/mol. The molecule has 0 saturated heterocycles. The Balaban J connectivity index is 2.47. The van der Waals surface area contributed by atoms with Crippen molar-refractivity contribution >= 4 is 33.3 Å². The van der Waals surface area contributed by atoms with E-state index in [1.54, 1.807) is 16.8 Å². The van der Waals surface area contributed by atoms with Crippen LogP contribution in [0.25, 0.3) is 0 Å². The van der Waals surface area contributed by atoms with Gasteiger partial charge in [-0.3, -0.25) is 9.48 Å². The van der Waals surface area contributed by atoms with Crippen molar-refractivity contribution in [3.05, 3.63) is 39.5 Å². The monoisotopic (exact) mass is 316 g/mol. The maximum Gasteiger partial charge on any atom is 0.247 e. The average Bonchev–Trinajstić information content (AvgIpc) is 2.83. The predicted octanol–water partition coefficient (Wildman–Crippen LogP) is 3.70. The van der Waals surface area contributed by atoms with E-state index in [-0.39, 0.29) is 17.6 Å².